The fourth-order valence-electron chi connectivity index (χ4n) is 2.89. The van der Waals surface area contributed by atoms with Crippen molar-refractivity contribution in [1.29, 1.82) is 0 Å². The number of carbonyl (C=O) groups is 1. The van der Waals surface area contributed by atoms with Crippen molar-refractivity contribution in [3.8, 4) is 0 Å². The molecule has 4 nitrogen and oxygen atoms in total. The first-order valence-corrected chi connectivity index (χ1v) is 9.30. The Morgan fingerprint density at radius 3 is 2.54 bits per heavy atom. The van der Waals surface area contributed by atoms with Crippen molar-refractivity contribution in [2.24, 2.45) is 0 Å². The van der Waals surface area contributed by atoms with E-state index in [0.717, 1.165) is 28.9 Å². The average Bonchev–Trinajstić information content (AvgIpc) is 2.96. The second-order valence-electron chi connectivity index (χ2n) is 7.28. The lowest BCUT2D eigenvalue weighted by Gasteiger charge is -2.25. The number of nitrogens with zero attached hydrogens (tertiary/aromatic N) is 1. The molecule has 6 heteroatoms. The van der Waals surface area contributed by atoms with Gasteiger partial charge in [-0.25, -0.2) is 4.79 Å². The number of fused-ring (bicyclic) bond motifs is 1. The van der Waals surface area contributed by atoms with Crippen LogP contribution in [0.25, 0.3) is 0 Å². The number of halogens is 2. The van der Waals surface area contributed by atoms with Crippen molar-refractivity contribution in [3.05, 3.63) is 57.6 Å². The fraction of sp³-hybridized carbons (Fsp3) is 0.350. The Bertz CT molecular complexity index is 811. The molecule has 1 N–H and O–H groups in total. The van der Waals surface area contributed by atoms with Crippen LogP contribution in [0.4, 0.5) is 16.2 Å². The molecule has 0 unspecified atom stereocenters. The van der Waals surface area contributed by atoms with Crippen LogP contribution in [0.15, 0.2) is 36.4 Å². The minimum absolute atomic E-state index is 0.317. The van der Waals surface area contributed by atoms with E-state index in [2.05, 4.69) is 5.32 Å². The largest absolute Gasteiger partial charge is 0.443 e. The lowest BCUT2D eigenvalue weighted by atomic mass is 10.1. The number of anilines is 2. The quantitative estimate of drug-likeness (QED) is 0.706. The molecule has 1 aliphatic rings. The van der Waals surface area contributed by atoms with Gasteiger partial charge >= 0.3 is 6.09 Å². The maximum Gasteiger partial charge on any atom is 0.414 e. The van der Waals surface area contributed by atoms with Gasteiger partial charge < -0.3 is 10.1 Å². The summed E-state index contributed by atoms with van der Waals surface area (Å²) in [6.07, 6.45) is 0.508. The molecule has 0 radical (unpaired) electrons. The van der Waals surface area contributed by atoms with E-state index in [0.29, 0.717) is 23.1 Å². The van der Waals surface area contributed by atoms with Gasteiger partial charge in [-0.1, -0.05) is 35.3 Å². The van der Waals surface area contributed by atoms with Crippen molar-refractivity contribution in [3.63, 3.8) is 0 Å². The average molecular weight is 393 g/mol. The first kappa shape index (κ1) is 18.9. The fourth-order valence-corrected chi connectivity index (χ4v) is 3.42. The van der Waals surface area contributed by atoms with E-state index in [1.54, 1.807) is 4.90 Å². The molecular weight excluding hydrogens is 371 g/mol. The number of nitrogens with one attached hydrogen (secondary N) is 1. The minimum Gasteiger partial charge on any atom is -0.443 e. The summed E-state index contributed by atoms with van der Waals surface area (Å²) < 4.78 is 5.51. The van der Waals surface area contributed by atoms with Gasteiger partial charge in [-0.15, -0.1) is 0 Å². The van der Waals surface area contributed by atoms with Gasteiger partial charge in [0.1, 0.15) is 5.60 Å². The van der Waals surface area contributed by atoms with Crippen molar-refractivity contribution in [2.45, 2.75) is 39.3 Å². The summed E-state index contributed by atoms with van der Waals surface area (Å²) in [5.74, 6) is 0. The molecule has 3 rings (SSSR count). The third kappa shape index (κ3) is 4.25. The molecule has 1 heterocycles. The van der Waals surface area contributed by atoms with Crippen molar-refractivity contribution in [1.82, 2.24) is 0 Å². The molecule has 2 aromatic rings. The standard InChI is InChI=1S/C20H22Cl2N2O2/c1-20(2,3)26-19(25)24-10-9-13-7-8-14(11-18(13)24)23-12-15-16(21)5-4-6-17(15)22/h4-8,11,23H,9-10,12H2,1-3H3. The molecule has 0 spiro atoms. The molecule has 0 atom stereocenters. The maximum absolute atomic E-state index is 12.5. The van der Waals surface area contributed by atoms with Gasteiger partial charge in [0.2, 0.25) is 0 Å². The highest BCUT2D eigenvalue weighted by Crippen LogP contribution is 2.33. The molecule has 0 aliphatic carbocycles. The second kappa shape index (κ2) is 7.37. The number of hydrogen-bond acceptors (Lipinski definition) is 3. The van der Waals surface area contributed by atoms with E-state index in [4.69, 9.17) is 27.9 Å². The van der Waals surface area contributed by atoms with Gasteiger partial charge in [0.25, 0.3) is 0 Å². The van der Waals surface area contributed by atoms with E-state index in [1.807, 2.05) is 57.2 Å². The number of carbonyl (C=O) groups excluding carboxylic acids is 1. The Morgan fingerprint density at radius 2 is 1.88 bits per heavy atom. The van der Waals surface area contributed by atoms with Gasteiger partial charge in [-0.05, 0) is 57.0 Å². The zero-order chi connectivity index (χ0) is 18.9. The van der Waals surface area contributed by atoms with Crippen LogP contribution < -0.4 is 10.2 Å². The Morgan fingerprint density at radius 1 is 1.19 bits per heavy atom. The highest BCUT2D eigenvalue weighted by atomic mass is 35.5. The number of ether oxygens (including phenoxy) is 1. The first-order chi connectivity index (χ1) is 12.2. The molecule has 0 aromatic heterocycles. The lowest BCUT2D eigenvalue weighted by Crippen LogP contribution is -2.35. The van der Waals surface area contributed by atoms with Crippen LogP contribution in [0, 0.1) is 0 Å². The zero-order valence-corrected chi connectivity index (χ0v) is 16.6. The summed E-state index contributed by atoms with van der Waals surface area (Å²) in [4.78, 5) is 14.1. The molecule has 0 fully saturated rings. The minimum atomic E-state index is -0.517. The third-order valence-corrected chi connectivity index (χ3v) is 4.83. The zero-order valence-electron chi connectivity index (χ0n) is 15.1. The summed E-state index contributed by atoms with van der Waals surface area (Å²) in [5, 5.41) is 4.59. The molecule has 2 aromatic carbocycles. The monoisotopic (exact) mass is 392 g/mol. The van der Waals surface area contributed by atoms with E-state index in [9.17, 15) is 4.79 Å². The third-order valence-electron chi connectivity index (χ3n) is 4.13. The number of benzene rings is 2. The second-order valence-corrected chi connectivity index (χ2v) is 8.09. The number of hydrogen-bond donors (Lipinski definition) is 1. The van der Waals surface area contributed by atoms with Crippen LogP contribution in [0.1, 0.15) is 31.9 Å². The van der Waals surface area contributed by atoms with Crippen LogP contribution in [0.2, 0.25) is 10.0 Å². The highest BCUT2D eigenvalue weighted by Gasteiger charge is 2.29. The summed E-state index contributed by atoms with van der Waals surface area (Å²) >= 11 is 12.4. The van der Waals surface area contributed by atoms with E-state index in [1.165, 1.54) is 0 Å². The van der Waals surface area contributed by atoms with Gasteiger partial charge in [-0.3, -0.25) is 4.90 Å². The van der Waals surface area contributed by atoms with Crippen LogP contribution >= 0.6 is 23.2 Å². The number of amides is 1. The molecule has 1 aliphatic heterocycles. The summed E-state index contributed by atoms with van der Waals surface area (Å²) in [6.45, 7) is 6.74. The maximum atomic E-state index is 12.5. The predicted molar refractivity (Wildman–Crippen MR) is 108 cm³/mol. The van der Waals surface area contributed by atoms with E-state index < -0.39 is 5.60 Å². The normalized spacial score (nSPS) is 13.5. The van der Waals surface area contributed by atoms with E-state index in [-0.39, 0.29) is 6.09 Å². The first-order valence-electron chi connectivity index (χ1n) is 8.55. The smallest absolute Gasteiger partial charge is 0.414 e. The Labute approximate surface area is 164 Å². The van der Waals surface area contributed by atoms with Gasteiger partial charge in [0, 0.05) is 34.4 Å². The molecule has 138 valence electrons. The lowest BCUT2D eigenvalue weighted by molar-refractivity contribution is 0.0584. The van der Waals surface area contributed by atoms with Crippen molar-refractivity contribution >= 4 is 40.7 Å². The highest BCUT2D eigenvalue weighted by molar-refractivity contribution is 6.36. The van der Waals surface area contributed by atoms with Crippen LogP contribution in [-0.4, -0.2) is 18.2 Å². The molecule has 0 saturated carbocycles. The summed E-state index contributed by atoms with van der Waals surface area (Å²) in [5.41, 5.74) is 3.25. The van der Waals surface area contributed by atoms with Crippen LogP contribution in [0.3, 0.4) is 0 Å². The van der Waals surface area contributed by atoms with Gasteiger partial charge in [0.05, 0.1) is 5.69 Å². The topological polar surface area (TPSA) is 41.6 Å². The summed E-state index contributed by atoms with van der Waals surface area (Å²) in [7, 11) is 0. The molecule has 1 amide bonds. The van der Waals surface area contributed by atoms with Crippen LogP contribution in [-0.2, 0) is 17.7 Å². The molecule has 0 bridgehead atoms. The summed E-state index contributed by atoms with van der Waals surface area (Å²) in [6, 6.07) is 11.5. The SMILES string of the molecule is CC(C)(C)OC(=O)N1CCc2ccc(NCc3c(Cl)cccc3Cl)cc21. The van der Waals surface area contributed by atoms with Gasteiger partial charge in [0.15, 0.2) is 0 Å². The molecule has 0 saturated heterocycles. The van der Waals surface area contributed by atoms with E-state index >= 15 is 0 Å². The van der Waals surface area contributed by atoms with Crippen LogP contribution in [0.5, 0.6) is 0 Å². The Hall–Kier alpha value is -1.91. The predicted octanol–water partition coefficient (Wildman–Crippen LogP) is 5.90. The number of rotatable bonds is 3. The molecule has 26 heavy (non-hydrogen) atoms. The Balaban J connectivity index is 1.76. The van der Waals surface area contributed by atoms with Crippen molar-refractivity contribution < 1.29 is 9.53 Å². The van der Waals surface area contributed by atoms with Crippen molar-refractivity contribution in [2.75, 3.05) is 16.8 Å². The van der Waals surface area contributed by atoms with Gasteiger partial charge in [-0.2, -0.15) is 0 Å². The Kier molecular flexibility index (Phi) is 5.35. The molecular formula is C20H22Cl2N2O2.